The molecule has 1 heterocycles. The van der Waals surface area contributed by atoms with Crippen LogP contribution in [0.25, 0.3) is 0 Å². The Bertz CT molecular complexity index is 612. The predicted octanol–water partition coefficient (Wildman–Crippen LogP) is 4.73. The van der Waals surface area contributed by atoms with Crippen LogP contribution in [0.1, 0.15) is 16.1 Å². The lowest BCUT2D eigenvalue weighted by atomic mass is 10.2. The summed E-state index contributed by atoms with van der Waals surface area (Å²) in [4.78, 5) is 13.8. The Labute approximate surface area is 132 Å². The molecule has 0 bridgehead atoms. The van der Waals surface area contributed by atoms with Gasteiger partial charge < -0.3 is 9.32 Å². The molecule has 0 radical (unpaired) electrons. The van der Waals surface area contributed by atoms with Gasteiger partial charge in [-0.1, -0.05) is 11.6 Å². The number of rotatable bonds is 3. The maximum absolute atomic E-state index is 12.2. The zero-order valence-electron chi connectivity index (χ0n) is 9.99. The third-order valence-electron chi connectivity index (χ3n) is 2.54. The van der Waals surface area contributed by atoms with Gasteiger partial charge in [-0.3, -0.25) is 4.79 Å². The van der Waals surface area contributed by atoms with E-state index in [9.17, 15) is 4.79 Å². The minimum Gasteiger partial charge on any atom is -0.452 e. The molecule has 0 atom stereocenters. The van der Waals surface area contributed by atoms with Crippen LogP contribution in [0, 0.1) is 0 Å². The zero-order chi connectivity index (χ0) is 14.0. The van der Waals surface area contributed by atoms with E-state index in [-0.39, 0.29) is 5.91 Å². The molecule has 2 rings (SSSR count). The van der Waals surface area contributed by atoms with Crippen LogP contribution < -0.4 is 0 Å². The molecule has 19 heavy (non-hydrogen) atoms. The Balaban J connectivity index is 2.12. The number of halogens is 3. The molecule has 0 unspecified atom stereocenters. The summed E-state index contributed by atoms with van der Waals surface area (Å²) in [5.74, 6) is 0.604. The molecule has 0 saturated carbocycles. The fourth-order valence-corrected chi connectivity index (χ4v) is 2.36. The number of carbonyl (C=O) groups is 1. The quantitative estimate of drug-likeness (QED) is 0.737. The third kappa shape index (κ3) is 3.61. The minimum absolute atomic E-state index is 0.109. The van der Waals surface area contributed by atoms with E-state index in [2.05, 4.69) is 31.9 Å². The highest BCUT2D eigenvalue weighted by molar-refractivity contribution is 9.10. The van der Waals surface area contributed by atoms with Gasteiger partial charge in [0.05, 0.1) is 11.6 Å². The van der Waals surface area contributed by atoms with Crippen molar-refractivity contribution in [1.82, 2.24) is 4.90 Å². The number of benzene rings is 1. The molecule has 0 N–H and O–H groups in total. The largest absolute Gasteiger partial charge is 0.452 e. The van der Waals surface area contributed by atoms with Crippen molar-refractivity contribution in [3.8, 4) is 0 Å². The number of furan rings is 1. The summed E-state index contributed by atoms with van der Waals surface area (Å²) < 4.78 is 6.79. The van der Waals surface area contributed by atoms with Gasteiger partial charge in [-0.2, -0.15) is 0 Å². The smallest absolute Gasteiger partial charge is 0.254 e. The molecule has 100 valence electrons. The van der Waals surface area contributed by atoms with Crippen LogP contribution in [0.4, 0.5) is 0 Å². The van der Waals surface area contributed by atoms with Crippen LogP contribution in [0.2, 0.25) is 5.02 Å². The molecule has 0 spiro atoms. The van der Waals surface area contributed by atoms with Gasteiger partial charge in [-0.15, -0.1) is 0 Å². The lowest BCUT2D eigenvalue weighted by Gasteiger charge is -2.16. The minimum atomic E-state index is -0.109. The summed E-state index contributed by atoms with van der Waals surface area (Å²) >= 11 is 12.5. The molecule has 1 aromatic carbocycles. The van der Waals surface area contributed by atoms with E-state index in [4.69, 9.17) is 16.0 Å². The highest BCUT2D eigenvalue weighted by Gasteiger charge is 2.14. The monoisotopic (exact) mass is 405 g/mol. The highest BCUT2D eigenvalue weighted by atomic mass is 79.9. The van der Waals surface area contributed by atoms with Gasteiger partial charge in [0, 0.05) is 17.1 Å². The van der Waals surface area contributed by atoms with Crippen LogP contribution in [0.15, 0.2) is 43.9 Å². The van der Waals surface area contributed by atoms with Crippen molar-refractivity contribution in [2.24, 2.45) is 0 Å². The topological polar surface area (TPSA) is 33.5 Å². The van der Waals surface area contributed by atoms with Crippen molar-refractivity contribution in [1.29, 1.82) is 0 Å². The summed E-state index contributed by atoms with van der Waals surface area (Å²) in [6.07, 6.45) is 0. The van der Waals surface area contributed by atoms with Crippen LogP contribution >= 0.6 is 43.5 Å². The molecule has 0 saturated heterocycles. The maximum atomic E-state index is 12.2. The number of amides is 1. The first-order valence-corrected chi connectivity index (χ1v) is 7.38. The van der Waals surface area contributed by atoms with Crippen molar-refractivity contribution in [2.45, 2.75) is 6.54 Å². The van der Waals surface area contributed by atoms with Crippen LogP contribution in [0.5, 0.6) is 0 Å². The average molecular weight is 407 g/mol. The molecule has 1 amide bonds. The summed E-state index contributed by atoms with van der Waals surface area (Å²) in [5, 5.41) is 0.514. The first-order chi connectivity index (χ1) is 8.97. The maximum Gasteiger partial charge on any atom is 0.254 e. The van der Waals surface area contributed by atoms with E-state index < -0.39 is 0 Å². The third-order valence-corrected chi connectivity index (χ3v) is 4.19. The normalized spacial score (nSPS) is 10.5. The second-order valence-electron chi connectivity index (χ2n) is 4.00. The summed E-state index contributed by atoms with van der Waals surface area (Å²) in [7, 11) is 1.72. The van der Waals surface area contributed by atoms with Crippen molar-refractivity contribution < 1.29 is 9.21 Å². The SMILES string of the molecule is CN(Cc1ccc(Br)o1)C(=O)c1ccc(Br)c(Cl)c1. The van der Waals surface area contributed by atoms with Crippen molar-refractivity contribution in [2.75, 3.05) is 7.05 Å². The molecule has 2 aromatic rings. The van der Waals surface area contributed by atoms with Gasteiger partial charge in [-0.05, 0) is 62.2 Å². The lowest BCUT2D eigenvalue weighted by Crippen LogP contribution is -2.25. The van der Waals surface area contributed by atoms with E-state index in [1.165, 1.54) is 0 Å². The number of carbonyl (C=O) groups excluding carboxylic acids is 1. The van der Waals surface area contributed by atoms with Crippen LogP contribution in [-0.4, -0.2) is 17.9 Å². The first-order valence-electron chi connectivity index (χ1n) is 5.42. The Hall–Kier alpha value is -0.780. The van der Waals surface area contributed by atoms with Crippen molar-refractivity contribution in [3.05, 3.63) is 55.8 Å². The Morgan fingerprint density at radius 2 is 2.05 bits per heavy atom. The fraction of sp³-hybridized carbons (Fsp3) is 0.154. The van der Waals surface area contributed by atoms with E-state index in [0.29, 0.717) is 27.6 Å². The number of hydrogen-bond donors (Lipinski definition) is 0. The summed E-state index contributed by atoms with van der Waals surface area (Å²) in [5.41, 5.74) is 0.543. The van der Waals surface area contributed by atoms with Gasteiger partial charge in [0.2, 0.25) is 0 Å². The van der Waals surface area contributed by atoms with E-state index in [0.717, 1.165) is 4.47 Å². The second-order valence-corrected chi connectivity index (χ2v) is 6.04. The Kier molecular flexibility index (Phi) is 4.71. The van der Waals surface area contributed by atoms with Gasteiger partial charge in [0.15, 0.2) is 4.67 Å². The average Bonchev–Trinajstić information content (AvgIpc) is 2.77. The molecule has 0 fully saturated rings. The van der Waals surface area contributed by atoms with E-state index >= 15 is 0 Å². The van der Waals surface area contributed by atoms with Gasteiger partial charge >= 0.3 is 0 Å². The predicted molar refractivity (Wildman–Crippen MR) is 81.4 cm³/mol. The molecule has 0 aliphatic heterocycles. The Morgan fingerprint density at radius 3 is 2.63 bits per heavy atom. The van der Waals surface area contributed by atoms with Gasteiger partial charge in [0.1, 0.15) is 5.76 Å². The zero-order valence-corrected chi connectivity index (χ0v) is 13.9. The first kappa shape index (κ1) is 14.6. The van der Waals surface area contributed by atoms with Crippen molar-refractivity contribution in [3.63, 3.8) is 0 Å². The van der Waals surface area contributed by atoms with Crippen molar-refractivity contribution >= 4 is 49.4 Å². The van der Waals surface area contributed by atoms with Gasteiger partial charge in [0.25, 0.3) is 5.91 Å². The standard InChI is InChI=1S/C13H10Br2ClNO2/c1-17(7-9-3-5-12(15)19-9)13(18)8-2-4-10(14)11(16)6-8/h2-6H,7H2,1H3. The molecular formula is C13H10Br2ClNO2. The molecule has 0 aliphatic rings. The second kappa shape index (κ2) is 6.11. The molecule has 3 nitrogen and oxygen atoms in total. The fourth-order valence-electron chi connectivity index (χ4n) is 1.59. The Morgan fingerprint density at radius 1 is 1.32 bits per heavy atom. The number of hydrogen-bond acceptors (Lipinski definition) is 2. The van der Waals surface area contributed by atoms with Crippen LogP contribution in [-0.2, 0) is 6.54 Å². The van der Waals surface area contributed by atoms with E-state index in [1.807, 2.05) is 6.07 Å². The molecule has 1 aromatic heterocycles. The van der Waals surface area contributed by atoms with E-state index in [1.54, 1.807) is 36.2 Å². The van der Waals surface area contributed by atoms with Gasteiger partial charge in [-0.25, -0.2) is 0 Å². The number of nitrogens with zero attached hydrogens (tertiary/aromatic N) is 1. The molecule has 6 heteroatoms. The highest BCUT2D eigenvalue weighted by Crippen LogP contribution is 2.24. The summed E-state index contributed by atoms with van der Waals surface area (Å²) in [6, 6.07) is 8.74. The lowest BCUT2D eigenvalue weighted by molar-refractivity contribution is 0.0775. The van der Waals surface area contributed by atoms with Crippen LogP contribution in [0.3, 0.4) is 0 Å². The molecular weight excluding hydrogens is 397 g/mol. The molecule has 0 aliphatic carbocycles. The summed E-state index contributed by atoms with van der Waals surface area (Å²) in [6.45, 7) is 0.401.